The lowest BCUT2D eigenvalue weighted by Gasteiger charge is -2.35. The smallest absolute Gasteiger partial charge is 0.289 e. The number of nitrogens with zero attached hydrogens (tertiary/aromatic N) is 5. The number of carbonyl (C=O) groups is 1. The summed E-state index contributed by atoms with van der Waals surface area (Å²) in [5, 5.41) is 17.8. The number of rotatable bonds is 11. The number of para-hydroxylation sites is 1. The van der Waals surface area contributed by atoms with E-state index in [0.717, 1.165) is 6.07 Å². The number of amides is 1. The first-order valence-electron chi connectivity index (χ1n) is 14.9. The third kappa shape index (κ3) is 7.06. The van der Waals surface area contributed by atoms with Crippen molar-refractivity contribution >= 4 is 38.5 Å². The van der Waals surface area contributed by atoms with E-state index in [-0.39, 0.29) is 36.6 Å². The molecule has 6 rings (SSSR count). The Morgan fingerprint density at radius 2 is 1.91 bits per heavy atom. The van der Waals surface area contributed by atoms with Gasteiger partial charge < -0.3 is 24.7 Å². The number of methoxy groups -OCH3 is 1. The summed E-state index contributed by atoms with van der Waals surface area (Å²) in [6, 6.07) is 9.06. The molecule has 1 unspecified atom stereocenters. The Bertz CT molecular complexity index is 2000. The Morgan fingerprint density at radius 1 is 1.13 bits per heavy atom. The molecule has 3 aromatic heterocycles. The number of nitro benzene ring substituents is 1. The van der Waals surface area contributed by atoms with Crippen LogP contribution in [0, 0.1) is 16.0 Å². The van der Waals surface area contributed by atoms with Gasteiger partial charge in [-0.25, -0.2) is 23.1 Å². The lowest BCUT2D eigenvalue weighted by molar-refractivity contribution is -0.387. The van der Waals surface area contributed by atoms with Crippen molar-refractivity contribution in [3.8, 4) is 11.5 Å². The number of hydrogen-bond donors (Lipinski definition) is 3. The Labute approximate surface area is 268 Å². The van der Waals surface area contributed by atoms with Gasteiger partial charge in [0.25, 0.3) is 17.2 Å². The molecule has 1 saturated carbocycles. The molecule has 0 spiro atoms. The van der Waals surface area contributed by atoms with Crippen molar-refractivity contribution in [3.63, 3.8) is 0 Å². The van der Waals surface area contributed by atoms with Crippen LogP contribution in [-0.4, -0.2) is 64.6 Å². The topological polar surface area (TPSA) is 210 Å². The summed E-state index contributed by atoms with van der Waals surface area (Å²) in [4.78, 5) is 48.4. The number of nitrogens with one attached hydrogen (secondary N) is 3. The van der Waals surface area contributed by atoms with E-state index in [0.29, 0.717) is 66.4 Å². The molecule has 1 aromatic carbocycles. The SMILES string of the molecule is COc1cnc2ccc(=O)n(CC(NS(=O)(=O)c3ccccc3[N+](=O)[O-])[C@H]3CC[C@H](NCc4ncc5c(n4)NC(=O)CO5)CC3)c2c1. The first-order valence-corrected chi connectivity index (χ1v) is 16.4. The van der Waals surface area contributed by atoms with Crippen molar-refractivity contribution in [1.82, 2.24) is 29.6 Å². The van der Waals surface area contributed by atoms with Crippen LogP contribution in [0.5, 0.6) is 11.5 Å². The van der Waals surface area contributed by atoms with E-state index < -0.39 is 31.6 Å². The quantitative estimate of drug-likeness (QED) is 0.156. The molecule has 1 fully saturated rings. The molecule has 1 amide bonds. The molecule has 4 heterocycles. The maximum Gasteiger partial charge on any atom is 0.289 e. The second-order valence-corrected chi connectivity index (χ2v) is 13.0. The number of nitro groups is 1. The fourth-order valence-electron chi connectivity index (χ4n) is 5.99. The van der Waals surface area contributed by atoms with E-state index in [1.807, 2.05) is 0 Å². The zero-order chi connectivity index (χ0) is 33.1. The fraction of sp³-hybridized carbons (Fsp3) is 0.367. The van der Waals surface area contributed by atoms with Gasteiger partial charge >= 0.3 is 0 Å². The predicted octanol–water partition coefficient (Wildman–Crippen LogP) is 2.13. The van der Waals surface area contributed by atoms with Gasteiger partial charge in [-0.2, -0.15) is 0 Å². The molecule has 3 N–H and O–H groups in total. The van der Waals surface area contributed by atoms with E-state index in [9.17, 15) is 28.1 Å². The molecule has 47 heavy (non-hydrogen) atoms. The number of ether oxygens (including phenoxy) is 2. The largest absolute Gasteiger partial charge is 0.495 e. The van der Waals surface area contributed by atoms with Crippen LogP contribution in [0.15, 0.2) is 64.5 Å². The molecule has 246 valence electrons. The summed E-state index contributed by atoms with van der Waals surface area (Å²) in [5.41, 5.74) is 0.0887. The molecule has 16 nitrogen and oxygen atoms in total. The van der Waals surface area contributed by atoms with E-state index in [1.54, 1.807) is 12.1 Å². The summed E-state index contributed by atoms with van der Waals surface area (Å²) < 4.78 is 42.2. The van der Waals surface area contributed by atoms with Crippen LogP contribution in [0.25, 0.3) is 11.0 Å². The summed E-state index contributed by atoms with van der Waals surface area (Å²) in [7, 11) is -2.89. The summed E-state index contributed by atoms with van der Waals surface area (Å²) in [6.45, 7) is 0.216. The maximum absolute atomic E-state index is 13.7. The highest BCUT2D eigenvalue weighted by molar-refractivity contribution is 7.89. The highest BCUT2D eigenvalue weighted by Crippen LogP contribution is 2.31. The van der Waals surface area contributed by atoms with E-state index in [1.165, 1.54) is 48.3 Å². The highest BCUT2D eigenvalue weighted by Gasteiger charge is 2.34. The summed E-state index contributed by atoms with van der Waals surface area (Å²) in [6.07, 6.45) is 5.59. The van der Waals surface area contributed by atoms with Crippen LogP contribution in [0.2, 0.25) is 0 Å². The first-order chi connectivity index (χ1) is 22.6. The Kier molecular flexibility index (Phi) is 9.10. The molecule has 0 radical (unpaired) electrons. The van der Waals surface area contributed by atoms with Gasteiger partial charge in [0.05, 0.1) is 42.0 Å². The minimum atomic E-state index is -4.37. The number of sulfonamides is 1. The Hall–Kier alpha value is -5.00. The Morgan fingerprint density at radius 3 is 2.68 bits per heavy atom. The normalized spacial score (nSPS) is 18.5. The molecule has 1 aliphatic carbocycles. The van der Waals surface area contributed by atoms with Gasteiger partial charge in [0.2, 0.25) is 10.0 Å². The van der Waals surface area contributed by atoms with Crippen LogP contribution in [0.1, 0.15) is 31.5 Å². The van der Waals surface area contributed by atoms with Crippen molar-refractivity contribution in [2.75, 3.05) is 19.0 Å². The molecule has 0 bridgehead atoms. The average Bonchev–Trinajstić information content (AvgIpc) is 3.07. The van der Waals surface area contributed by atoms with Crippen molar-refractivity contribution in [2.24, 2.45) is 5.92 Å². The van der Waals surface area contributed by atoms with E-state index in [2.05, 4.69) is 30.3 Å². The van der Waals surface area contributed by atoms with Crippen molar-refractivity contribution in [2.45, 2.75) is 55.8 Å². The van der Waals surface area contributed by atoms with E-state index in [4.69, 9.17) is 9.47 Å². The van der Waals surface area contributed by atoms with Crippen molar-refractivity contribution < 1.29 is 27.6 Å². The number of pyridine rings is 2. The van der Waals surface area contributed by atoms with Crippen LogP contribution in [-0.2, 0) is 27.9 Å². The van der Waals surface area contributed by atoms with E-state index >= 15 is 0 Å². The van der Waals surface area contributed by atoms with Gasteiger partial charge in [0, 0.05) is 36.8 Å². The zero-order valence-corrected chi connectivity index (χ0v) is 26.1. The third-order valence-corrected chi connectivity index (χ3v) is 9.93. The van der Waals surface area contributed by atoms with Crippen molar-refractivity contribution in [1.29, 1.82) is 0 Å². The van der Waals surface area contributed by atoms with Crippen LogP contribution in [0.4, 0.5) is 11.5 Å². The highest BCUT2D eigenvalue weighted by atomic mass is 32.2. The number of benzene rings is 1. The lowest BCUT2D eigenvalue weighted by Crippen LogP contribution is -2.47. The average molecular weight is 665 g/mol. The third-order valence-electron chi connectivity index (χ3n) is 8.40. The number of aromatic nitrogens is 4. The first kappa shape index (κ1) is 32.0. The minimum absolute atomic E-state index is 0.0373. The number of anilines is 1. The molecule has 4 aromatic rings. The monoisotopic (exact) mass is 664 g/mol. The molecular formula is C30H32N8O8S. The van der Waals surface area contributed by atoms with Crippen LogP contribution in [0.3, 0.4) is 0 Å². The Balaban J connectivity index is 1.23. The standard InChI is InChI=1S/C30H32N8O8S/c1-45-20-12-24-21(32-13-20)10-11-29(40)37(24)16-22(36-47(43,44)26-5-3-2-4-23(26)38(41)42)18-6-8-19(9-7-18)31-15-27-33-14-25-30(34-27)35-28(39)17-46-25/h2-5,10-14,18-19,22,31,36H,6-9,15-17H2,1H3,(H,33,34,35,39)/t18-,19-,22?. The summed E-state index contributed by atoms with van der Waals surface area (Å²) >= 11 is 0. The fourth-order valence-corrected chi connectivity index (χ4v) is 7.45. The predicted molar refractivity (Wildman–Crippen MR) is 169 cm³/mol. The van der Waals surface area contributed by atoms with Gasteiger partial charge in [-0.05, 0) is 43.7 Å². The van der Waals surface area contributed by atoms with Gasteiger partial charge in [-0.3, -0.25) is 24.7 Å². The second kappa shape index (κ2) is 13.4. The van der Waals surface area contributed by atoms with Crippen LogP contribution >= 0.6 is 0 Å². The van der Waals surface area contributed by atoms with Gasteiger partial charge in [0.1, 0.15) is 11.6 Å². The molecule has 0 saturated heterocycles. The second-order valence-electron chi connectivity index (χ2n) is 11.3. The van der Waals surface area contributed by atoms with Crippen LogP contribution < -0.4 is 30.4 Å². The number of hydrogen-bond acceptors (Lipinski definition) is 12. The van der Waals surface area contributed by atoms with Crippen molar-refractivity contribution in [3.05, 3.63) is 81.2 Å². The molecule has 17 heteroatoms. The molecule has 1 aliphatic heterocycles. The molecular weight excluding hydrogens is 632 g/mol. The zero-order valence-electron chi connectivity index (χ0n) is 25.3. The van der Waals surface area contributed by atoms with Gasteiger partial charge in [-0.15, -0.1) is 0 Å². The number of fused-ring (bicyclic) bond motifs is 2. The molecule has 1 atom stereocenters. The summed E-state index contributed by atoms with van der Waals surface area (Å²) in [5.74, 6) is 1.13. The minimum Gasteiger partial charge on any atom is -0.495 e. The molecule has 2 aliphatic rings. The van der Waals surface area contributed by atoms with Gasteiger partial charge in [-0.1, -0.05) is 12.1 Å². The van der Waals surface area contributed by atoms with Gasteiger partial charge in [0.15, 0.2) is 23.1 Å². The lowest BCUT2D eigenvalue weighted by atomic mass is 9.81. The maximum atomic E-state index is 13.7. The number of carbonyl (C=O) groups excluding carboxylic acids is 1.